The average molecular weight is 281 g/mol. The summed E-state index contributed by atoms with van der Waals surface area (Å²) in [6.07, 6.45) is 3.84. The summed E-state index contributed by atoms with van der Waals surface area (Å²) in [5.41, 5.74) is 0. The first-order valence-electron chi connectivity index (χ1n) is 8.10. The van der Waals surface area contributed by atoms with Crippen LogP contribution in [0.2, 0.25) is 0 Å². The maximum absolute atomic E-state index is 12.6. The molecule has 0 radical (unpaired) electrons. The van der Waals surface area contributed by atoms with Crippen LogP contribution in [0.25, 0.3) is 0 Å². The van der Waals surface area contributed by atoms with E-state index in [9.17, 15) is 4.79 Å². The molecule has 114 valence electrons. The van der Waals surface area contributed by atoms with E-state index in [0.717, 1.165) is 26.1 Å². The molecule has 3 rings (SSSR count). The van der Waals surface area contributed by atoms with Crippen molar-refractivity contribution in [3.8, 4) is 0 Å². The minimum absolute atomic E-state index is 0.00566. The van der Waals surface area contributed by atoms with Gasteiger partial charge in [0.2, 0.25) is 5.91 Å². The number of morpholine rings is 1. The predicted octanol–water partition coefficient (Wildman–Crippen LogP) is 0.308. The van der Waals surface area contributed by atoms with Gasteiger partial charge in [-0.2, -0.15) is 0 Å². The van der Waals surface area contributed by atoms with Gasteiger partial charge in [0.1, 0.15) is 6.04 Å². The van der Waals surface area contributed by atoms with Crippen LogP contribution in [0.3, 0.4) is 0 Å². The molecule has 0 aromatic heterocycles. The summed E-state index contributed by atoms with van der Waals surface area (Å²) >= 11 is 0. The molecule has 0 aromatic rings. The van der Waals surface area contributed by atoms with Gasteiger partial charge in [-0.1, -0.05) is 0 Å². The highest BCUT2D eigenvalue weighted by Gasteiger charge is 2.35. The zero-order valence-corrected chi connectivity index (χ0v) is 12.5. The van der Waals surface area contributed by atoms with E-state index in [4.69, 9.17) is 4.74 Å². The summed E-state index contributed by atoms with van der Waals surface area (Å²) in [5, 5.41) is 3.31. The number of hydrogen-bond acceptors (Lipinski definition) is 4. The van der Waals surface area contributed by atoms with Crippen molar-refractivity contribution in [2.45, 2.75) is 38.3 Å². The van der Waals surface area contributed by atoms with Crippen LogP contribution in [-0.2, 0) is 9.53 Å². The number of carbonyl (C=O) groups excluding carboxylic acids is 1. The van der Waals surface area contributed by atoms with Crippen LogP contribution in [0, 0.1) is 5.92 Å². The van der Waals surface area contributed by atoms with Gasteiger partial charge >= 0.3 is 0 Å². The third kappa shape index (κ3) is 3.15. The zero-order valence-electron chi connectivity index (χ0n) is 12.5. The molecule has 5 nitrogen and oxygen atoms in total. The monoisotopic (exact) mass is 281 g/mol. The lowest BCUT2D eigenvalue weighted by molar-refractivity contribution is -0.138. The van der Waals surface area contributed by atoms with Crippen LogP contribution >= 0.6 is 0 Å². The van der Waals surface area contributed by atoms with Crippen LogP contribution < -0.4 is 5.32 Å². The summed E-state index contributed by atoms with van der Waals surface area (Å²) in [6.45, 7) is 9.01. The van der Waals surface area contributed by atoms with Crippen LogP contribution in [0.1, 0.15) is 26.2 Å². The van der Waals surface area contributed by atoms with E-state index in [1.54, 1.807) is 0 Å². The Morgan fingerprint density at radius 1 is 1.30 bits per heavy atom. The van der Waals surface area contributed by atoms with E-state index in [-0.39, 0.29) is 18.1 Å². The van der Waals surface area contributed by atoms with Gasteiger partial charge < -0.3 is 19.9 Å². The van der Waals surface area contributed by atoms with E-state index in [1.807, 2.05) is 11.8 Å². The Morgan fingerprint density at radius 2 is 2.10 bits per heavy atom. The third-order valence-corrected chi connectivity index (χ3v) is 4.90. The van der Waals surface area contributed by atoms with E-state index in [0.29, 0.717) is 12.5 Å². The number of rotatable bonds is 3. The first-order chi connectivity index (χ1) is 9.74. The van der Waals surface area contributed by atoms with Gasteiger partial charge in [-0.05, 0) is 45.2 Å². The lowest BCUT2D eigenvalue weighted by Crippen LogP contribution is -2.56. The molecule has 3 aliphatic rings. The van der Waals surface area contributed by atoms with Crippen molar-refractivity contribution in [1.82, 2.24) is 15.1 Å². The first-order valence-corrected chi connectivity index (χ1v) is 8.10. The van der Waals surface area contributed by atoms with Crippen LogP contribution in [0.5, 0.6) is 0 Å². The highest BCUT2D eigenvalue weighted by Crippen LogP contribution is 2.21. The molecule has 1 amide bonds. The molecule has 0 spiro atoms. The Hall–Kier alpha value is -0.650. The Morgan fingerprint density at radius 3 is 2.85 bits per heavy atom. The number of likely N-dealkylation sites (tertiary alicyclic amines) is 2. The maximum atomic E-state index is 12.6. The third-order valence-electron chi connectivity index (χ3n) is 4.90. The Kier molecular flexibility index (Phi) is 4.58. The topological polar surface area (TPSA) is 44.8 Å². The van der Waals surface area contributed by atoms with E-state index < -0.39 is 0 Å². The molecule has 3 saturated heterocycles. The number of amides is 1. The Bertz CT molecular complexity index is 344. The average Bonchev–Trinajstić information content (AvgIpc) is 3.11. The van der Waals surface area contributed by atoms with Crippen molar-refractivity contribution >= 4 is 5.91 Å². The molecule has 20 heavy (non-hydrogen) atoms. The largest absolute Gasteiger partial charge is 0.375 e. The van der Waals surface area contributed by atoms with Crippen molar-refractivity contribution in [3.05, 3.63) is 0 Å². The van der Waals surface area contributed by atoms with E-state index >= 15 is 0 Å². The van der Waals surface area contributed by atoms with Crippen LogP contribution in [0.4, 0.5) is 0 Å². The Balaban J connectivity index is 1.49. The molecular formula is C15H27N3O2. The van der Waals surface area contributed by atoms with Gasteiger partial charge in [-0.3, -0.25) is 4.79 Å². The molecule has 0 aliphatic carbocycles. The molecule has 1 N–H and O–H groups in total. The second kappa shape index (κ2) is 6.41. The minimum atomic E-state index is -0.144. The SMILES string of the molecule is C[C@H]1OCCN[C@@H]1C(=O)N1CCC(CN2CCCC2)C1. The van der Waals surface area contributed by atoms with Gasteiger partial charge in [0.15, 0.2) is 0 Å². The molecule has 0 bridgehead atoms. The summed E-state index contributed by atoms with van der Waals surface area (Å²) < 4.78 is 5.59. The number of carbonyl (C=O) groups is 1. The lowest BCUT2D eigenvalue weighted by atomic mass is 10.1. The minimum Gasteiger partial charge on any atom is -0.375 e. The molecule has 3 aliphatic heterocycles. The molecule has 5 heteroatoms. The lowest BCUT2D eigenvalue weighted by Gasteiger charge is -2.32. The number of hydrogen-bond donors (Lipinski definition) is 1. The molecule has 3 fully saturated rings. The standard InChI is InChI=1S/C15H27N3O2/c1-12-14(16-5-9-20-12)15(19)18-8-4-13(11-18)10-17-6-2-3-7-17/h12-14,16H,2-11H2,1H3/t12-,13?,14+/m1/s1. The summed E-state index contributed by atoms with van der Waals surface area (Å²) in [4.78, 5) is 17.2. The molecule has 0 saturated carbocycles. The van der Waals surface area contributed by atoms with Crippen LogP contribution in [0.15, 0.2) is 0 Å². The van der Waals surface area contributed by atoms with Crippen molar-refractivity contribution in [1.29, 1.82) is 0 Å². The van der Waals surface area contributed by atoms with Gasteiger partial charge in [0, 0.05) is 26.2 Å². The zero-order chi connectivity index (χ0) is 13.9. The molecule has 3 heterocycles. The highest BCUT2D eigenvalue weighted by atomic mass is 16.5. The van der Waals surface area contributed by atoms with Gasteiger partial charge in [-0.25, -0.2) is 0 Å². The molecule has 1 unspecified atom stereocenters. The highest BCUT2D eigenvalue weighted by molar-refractivity contribution is 5.83. The van der Waals surface area contributed by atoms with Gasteiger partial charge in [-0.15, -0.1) is 0 Å². The predicted molar refractivity (Wildman–Crippen MR) is 77.6 cm³/mol. The van der Waals surface area contributed by atoms with Crippen molar-refractivity contribution in [2.75, 3.05) is 45.9 Å². The summed E-state index contributed by atoms with van der Waals surface area (Å²) in [7, 11) is 0. The number of nitrogens with zero attached hydrogens (tertiary/aromatic N) is 2. The van der Waals surface area contributed by atoms with Crippen molar-refractivity contribution < 1.29 is 9.53 Å². The van der Waals surface area contributed by atoms with E-state index in [2.05, 4.69) is 10.2 Å². The molecule has 3 atom stereocenters. The van der Waals surface area contributed by atoms with Crippen LogP contribution in [-0.4, -0.2) is 73.7 Å². The smallest absolute Gasteiger partial charge is 0.242 e. The number of nitrogens with one attached hydrogen (secondary N) is 1. The normalized spacial score (nSPS) is 35.6. The number of ether oxygens (including phenoxy) is 1. The quantitative estimate of drug-likeness (QED) is 0.808. The summed E-state index contributed by atoms with van der Waals surface area (Å²) in [5.74, 6) is 0.901. The fourth-order valence-corrected chi connectivity index (χ4v) is 3.72. The van der Waals surface area contributed by atoms with Crippen molar-refractivity contribution in [2.24, 2.45) is 5.92 Å². The molecule has 0 aromatic carbocycles. The maximum Gasteiger partial charge on any atom is 0.242 e. The summed E-state index contributed by atoms with van der Waals surface area (Å²) in [6, 6.07) is -0.144. The molecular weight excluding hydrogens is 254 g/mol. The fraction of sp³-hybridized carbons (Fsp3) is 0.933. The Labute approximate surface area is 121 Å². The van der Waals surface area contributed by atoms with E-state index in [1.165, 1.54) is 32.5 Å². The van der Waals surface area contributed by atoms with Gasteiger partial charge in [0.25, 0.3) is 0 Å². The fourth-order valence-electron chi connectivity index (χ4n) is 3.72. The van der Waals surface area contributed by atoms with Gasteiger partial charge in [0.05, 0.1) is 12.7 Å². The second-order valence-corrected chi connectivity index (χ2v) is 6.45. The van der Waals surface area contributed by atoms with Crippen molar-refractivity contribution in [3.63, 3.8) is 0 Å². The second-order valence-electron chi connectivity index (χ2n) is 6.45. The first kappa shape index (κ1) is 14.3.